The third-order valence-corrected chi connectivity index (χ3v) is 7.75. The summed E-state index contributed by atoms with van der Waals surface area (Å²) in [5.41, 5.74) is 2.03. The average Bonchev–Trinajstić information content (AvgIpc) is 3.53. The minimum atomic E-state index is -3.40. The van der Waals surface area contributed by atoms with Crippen LogP contribution in [0.2, 0.25) is 0 Å². The molecule has 0 unspecified atom stereocenters. The van der Waals surface area contributed by atoms with Crippen LogP contribution in [-0.4, -0.2) is 45.0 Å². The van der Waals surface area contributed by atoms with Gasteiger partial charge in [-0.15, -0.1) is 0 Å². The Morgan fingerprint density at radius 2 is 1.97 bits per heavy atom. The van der Waals surface area contributed by atoms with Gasteiger partial charge >= 0.3 is 6.03 Å². The summed E-state index contributed by atoms with van der Waals surface area (Å²) in [6.07, 6.45) is 2.48. The fourth-order valence-electron chi connectivity index (χ4n) is 3.79. The number of carbonyl (C=O) groups is 2. The molecule has 0 aromatic heterocycles. The second-order valence-electron chi connectivity index (χ2n) is 8.82. The summed E-state index contributed by atoms with van der Waals surface area (Å²) in [7, 11) is -3.40. The van der Waals surface area contributed by atoms with Crippen molar-refractivity contribution in [3.63, 3.8) is 0 Å². The molecule has 1 heterocycles. The van der Waals surface area contributed by atoms with Crippen LogP contribution >= 0.6 is 0 Å². The molecule has 2 aliphatic rings. The van der Waals surface area contributed by atoms with Crippen LogP contribution in [0.3, 0.4) is 0 Å². The zero-order chi connectivity index (χ0) is 23.6. The number of anilines is 1. The van der Waals surface area contributed by atoms with E-state index in [4.69, 9.17) is 4.74 Å². The molecule has 33 heavy (non-hydrogen) atoms. The number of nitrogens with one attached hydrogen (secondary N) is 1. The van der Waals surface area contributed by atoms with Crippen LogP contribution in [0.15, 0.2) is 42.5 Å². The highest BCUT2D eigenvalue weighted by Gasteiger charge is 2.28. The molecule has 0 spiro atoms. The molecule has 3 amide bonds. The number of halogens is 1. The minimum absolute atomic E-state index is 0.0534. The highest BCUT2D eigenvalue weighted by atomic mass is 32.2. The first-order chi connectivity index (χ1) is 15.7. The maximum Gasteiger partial charge on any atom is 0.329 e. The van der Waals surface area contributed by atoms with Crippen LogP contribution in [-0.2, 0) is 21.1 Å². The van der Waals surface area contributed by atoms with Gasteiger partial charge in [0, 0.05) is 5.69 Å². The van der Waals surface area contributed by atoms with E-state index in [0.29, 0.717) is 18.2 Å². The van der Waals surface area contributed by atoms with Crippen molar-refractivity contribution < 1.29 is 27.1 Å². The van der Waals surface area contributed by atoms with Crippen molar-refractivity contribution in [1.82, 2.24) is 5.32 Å². The second kappa shape index (κ2) is 9.51. The van der Waals surface area contributed by atoms with E-state index in [0.717, 1.165) is 24.0 Å². The molecule has 0 radical (unpaired) electrons. The third-order valence-electron chi connectivity index (χ3n) is 5.92. The molecule has 2 fully saturated rings. The van der Waals surface area contributed by atoms with Gasteiger partial charge in [-0.2, -0.15) is 0 Å². The molecule has 7 nitrogen and oxygen atoms in total. The monoisotopic (exact) mass is 474 g/mol. The Balaban J connectivity index is 1.36. The number of urea groups is 1. The van der Waals surface area contributed by atoms with Gasteiger partial charge in [-0.1, -0.05) is 25.1 Å². The molecule has 2 aromatic carbocycles. The van der Waals surface area contributed by atoms with Crippen LogP contribution in [0.1, 0.15) is 36.8 Å². The van der Waals surface area contributed by atoms with E-state index >= 15 is 0 Å². The number of hydrogen-bond donors (Lipinski definition) is 1. The molecule has 1 atom stereocenters. The number of benzene rings is 2. The normalized spacial score (nSPS) is 17.2. The fourth-order valence-corrected chi connectivity index (χ4v) is 5.46. The summed E-state index contributed by atoms with van der Waals surface area (Å²) in [5.74, 6) is -0.590. The second-order valence-corrected chi connectivity index (χ2v) is 11.0. The van der Waals surface area contributed by atoms with Gasteiger partial charge in [0.2, 0.25) is 5.91 Å². The Morgan fingerprint density at radius 1 is 1.18 bits per heavy atom. The smallest absolute Gasteiger partial charge is 0.329 e. The van der Waals surface area contributed by atoms with Crippen LogP contribution in [0, 0.1) is 11.7 Å². The topological polar surface area (TPSA) is 92.8 Å². The molecule has 4 rings (SSSR count). The Morgan fingerprint density at radius 3 is 2.67 bits per heavy atom. The molecule has 2 aromatic rings. The number of hydrogen-bond acceptors (Lipinski definition) is 5. The maximum absolute atomic E-state index is 14.1. The van der Waals surface area contributed by atoms with Gasteiger partial charge in [-0.05, 0) is 66.5 Å². The van der Waals surface area contributed by atoms with Gasteiger partial charge in [-0.25, -0.2) is 17.6 Å². The van der Waals surface area contributed by atoms with Crippen LogP contribution in [0.4, 0.5) is 14.9 Å². The number of aryl methyl sites for hydroxylation is 1. The highest BCUT2D eigenvalue weighted by Crippen LogP contribution is 2.31. The predicted molar refractivity (Wildman–Crippen MR) is 123 cm³/mol. The lowest BCUT2D eigenvalue weighted by Gasteiger charge is -2.16. The number of sulfone groups is 1. The first-order valence-electron chi connectivity index (χ1n) is 11.0. The van der Waals surface area contributed by atoms with E-state index in [1.165, 1.54) is 11.0 Å². The van der Waals surface area contributed by atoms with Crippen molar-refractivity contribution in [3.8, 4) is 5.75 Å². The summed E-state index contributed by atoms with van der Waals surface area (Å²) < 4.78 is 45.2. The molecule has 9 heteroatoms. The molecule has 1 aliphatic heterocycles. The molecule has 1 N–H and O–H groups in total. The Hall–Kier alpha value is -2.94. The van der Waals surface area contributed by atoms with E-state index in [-0.39, 0.29) is 42.0 Å². The number of nitrogens with zero attached hydrogens (tertiary/aromatic N) is 1. The standard InChI is InChI=1S/C24H27FN2O5S/c1-16(19-7-8-21(25)22(12-19)32-14-18-5-6-18)15-33(30,31)10-9-17-3-2-4-20(11-17)27-13-23(28)26-24(27)29/h2-4,7-8,11-12,16,18H,5-6,9-10,13-15H2,1H3,(H,26,28,29)/t16-/m0/s1. The Labute approximate surface area is 192 Å². The number of rotatable bonds is 10. The first kappa shape index (κ1) is 23.2. The van der Waals surface area contributed by atoms with E-state index in [9.17, 15) is 22.4 Å². The van der Waals surface area contributed by atoms with Gasteiger partial charge in [0.05, 0.1) is 18.1 Å². The van der Waals surface area contributed by atoms with Crippen molar-refractivity contribution >= 4 is 27.5 Å². The van der Waals surface area contributed by atoms with Crippen molar-refractivity contribution in [3.05, 3.63) is 59.4 Å². The van der Waals surface area contributed by atoms with E-state index in [2.05, 4.69) is 5.32 Å². The van der Waals surface area contributed by atoms with Gasteiger partial charge in [-0.3, -0.25) is 15.0 Å². The lowest BCUT2D eigenvalue weighted by Crippen LogP contribution is -2.27. The van der Waals surface area contributed by atoms with Crippen molar-refractivity contribution in [2.24, 2.45) is 5.92 Å². The molecule has 1 aliphatic carbocycles. The summed E-state index contributed by atoms with van der Waals surface area (Å²) in [4.78, 5) is 24.6. The summed E-state index contributed by atoms with van der Waals surface area (Å²) in [5, 5.41) is 2.22. The Bertz CT molecular complexity index is 1160. The summed E-state index contributed by atoms with van der Waals surface area (Å²) in [6, 6.07) is 11.0. The maximum atomic E-state index is 14.1. The number of amides is 3. The number of imide groups is 1. The van der Waals surface area contributed by atoms with Crippen molar-refractivity contribution in [1.29, 1.82) is 0 Å². The number of ether oxygens (including phenoxy) is 1. The van der Waals surface area contributed by atoms with Crippen LogP contribution < -0.4 is 15.0 Å². The lowest BCUT2D eigenvalue weighted by molar-refractivity contribution is -0.117. The van der Waals surface area contributed by atoms with Gasteiger partial charge in [0.25, 0.3) is 0 Å². The van der Waals surface area contributed by atoms with Gasteiger partial charge < -0.3 is 4.74 Å². The SMILES string of the molecule is C[C@@H](CS(=O)(=O)CCc1cccc(N2CC(=O)NC2=O)c1)c1ccc(F)c(OCC2CC2)c1. The van der Waals surface area contributed by atoms with Crippen LogP contribution in [0.5, 0.6) is 5.75 Å². The van der Waals surface area contributed by atoms with Gasteiger partial charge in [0.15, 0.2) is 21.4 Å². The first-order valence-corrected chi connectivity index (χ1v) is 12.9. The third kappa shape index (κ3) is 6.10. The van der Waals surface area contributed by atoms with E-state index < -0.39 is 21.7 Å². The molecule has 1 saturated carbocycles. The summed E-state index contributed by atoms with van der Waals surface area (Å²) >= 11 is 0. The summed E-state index contributed by atoms with van der Waals surface area (Å²) in [6.45, 7) is 2.24. The Kier molecular flexibility index (Phi) is 6.69. The molecular formula is C24H27FN2O5S. The average molecular weight is 475 g/mol. The fraction of sp³-hybridized carbons (Fsp3) is 0.417. The van der Waals surface area contributed by atoms with E-state index in [1.807, 2.05) is 0 Å². The van der Waals surface area contributed by atoms with Gasteiger partial charge in [0.1, 0.15) is 6.54 Å². The minimum Gasteiger partial charge on any atom is -0.490 e. The largest absolute Gasteiger partial charge is 0.490 e. The molecule has 1 saturated heterocycles. The van der Waals surface area contributed by atoms with Crippen molar-refractivity contribution in [2.75, 3.05) is 29.6 Å². The predicted octanol–water partition coefficient (Wildman–Crippen LogP) is 3.43. The highest BCUT2D eigenvalue weighted by molar-refractivity contribution is 7.91. The van der Waals surface area contributed by atoms with E-state index in [1.54, 1.807) is 43.3 Å². The zero-order valence-corrected chi connectivity index (χ0v) is 19.2. The van der Waals surface area contributed by atoms with Crippen LogP contribution in [0.25, 0.3) is 0 Å². The number of carbonyl (C=O) groups excluding carboxylic acids is 2. The quantitative estimate of drug-likeness (QED) is 0.533. The van der Waals surface area contributed by atoms with Crippen molar-refractivity contribution in [2.45, 2.75) is 32.1 Å². The lowest BCUT2D eigenvalue weighted by atomic mass is 10.0. The molecule has 176 valence electrons. The molecule has 0 bridgehead atoms. The zero-order valence-electron chi connectivity index (χ0n) is 18.4. The molecular weight excluding hydrogens is 447 g/mol.